The van der Waals surface area contributed by atoms with E-state index >= 15 is 0 Å². The van der Waals surface area contributed by atoms with Crippen LogP contribution in [0.25, 0.3) is 0 Å². The van der Waals surface area contributed by atoms with Gasteiger partial charge >= 0.3 is 0 Å². The first-order valence-corrected chi connectivity index (χ1v) is 16.0. The minimum absolute atomic E-state index is 0.0381. The summed E-state index contributed by atoms with van der Waals surface area (Å²) in [6.07, 6.45) is 1.21. The molecule has 0 aliphatic carbocycles. The first kappa shape index (κ1) is 32.2. The van der Waals surface area contributed by atoms with Gasteiger partial charge in [0.1, 0.15) is 29.9 Å². The van der Waals surface area contributed by atoms with Crippen LogP contribution in [0.1, 0.15) is 25.0 Å². The summed E-state index contributed by atoms with van der Waals surface area (Å²) in [5.74, 6) is -0.299. The molecule has 0 aromatic heterocycles. The lowest BCUT2D eigenvalue weighted by Gasteiger charge is -2.34. The van der Waals surface area contributed by atoms with Crippen LogP contribution in [0, 0.1) is 5.82 Å². The van der Waals surface area contributed by atoms with Gasteiger partial charge in [-0.2, -0.15) is 0 Å². The quantitative estimate of drug-likeness (QED) is 0.212. The summed E-state index contributed by atoms with van der Waals surface area (Å²) in [6.45, 7) is 3.04. The zero-order chi connectivity index (χ0) is 31.7. The van der Waals surface area contributed by atoms with Crippen molar-refractivity contribution in [2.75, 3.05) is 17.1 Å². The third-order valence-corrected chi connectivity index (χ3v) is 7.89. The summed E-state index contributed by atoms with van der Waals surface area (Å²) in [5, 5.41) is 2.90. The van der Waals surface area contributed by atoms with Gasteiger partial charge in [0.25, 0.3) is 0 Å². The molecule has 0 saturated carbocycles. The molecule has 1 unspecified atom stereocenters. The second-order valence-corrected chi connectivity index (χ2v) is 12.6. The topological polar surface area (TPSA) is 96.0 Å². The molecule has 0 spiro atoms. The maximum Gasteiger partial charge on any atom is 0.244 e. The van der Waals surface area contributed by atoms with Crippen LogP contribution in [0.4, 0.5) is 10.1 Å². The fourth-order valence-electron chi connectivity index (χ4n) is 4.64. The lowest BCUT2D eigenvalue weighted by atomic mass is 10.0. The average Bonchev–Trinajstić information content (AvgIpc) is 2.99. The molecule has 0 saturated heterocycles. The van der Waals surface area contributed by atoms with E-state index in [9.17, 15) is 22.4 Å². The molecule has 4 aromatic carbocycles. The first-order valence-electron chi connectivity index (χ1n) is 14.2. The van der Waals surface area contributed by atoms with Crippen LogP contribution in [0.3, 0.4) is 0 Å². The number of carbonyl (C=O) groups excluding carboxylic acids is 2. The van der Waals surface area contributed by atoms with E-state index in [1.807, 2.05) is 62.4 Å². The van der Waals surface area contributed by atoms with E-state index < -0.39 is 34.3 Å². The summed E-state index contributed by atoms with van der Waals surface area (Å²) in [6, 6.07) is 29.2. The van der Waals surface area contributed by atoms with Crippen molar-refractivity contribution >= 4 is 27.5 Å². The van der Waals surface area contributed by atoms with E-state index in [1.54, 1.807) is 36.4 Å². The predicted molar refractivity (Wildman–Crippen MR) is 169 cm³/mol. The number of rotatable bonds is 13. The van der Waals surface area contributed by atoms with Crippen molar-refractivity contribution < 1.29 is 27.1 Å². The van der Waals surface area contributed by atoms with E-state index in [0.717, 1.165) is 16.1 Å². The van der Waals surface area contributed by atoms with Crippen LogP contribution in [0.15, 0.2) is 109 Å². The van der Waals surface area contributed by atoms with E-state index in [4.69, 9.17) is 4.74 Å². The average molecular weight is 618 g/mol. The predicted octanol–water partition coefficient (Wildman–Crippen LogP) is 5.55. The van der Waals surface area contributed by atoms with Gasteiger partial charge in [0.05, 0.1) is 11.9 Å². The fraction of sp³-hybridized carbons (Fsp3) is 0.235. The number of para-hydroxylation sites is 1. The van der Waals surface area contributed by atoms with Crippen molar-refractivity contribution in [3.8, 4) is 11.5 Å². The molecule has 8 nitrogen and oxygen atoms in total. The monoisotopic (exact) mass is 617 g/mol. The van der Waals surface area contributed by atoms with E-state index in [0.29, 0.717) is 17.1 Å². The zero-order valence-corrected chi connectivity index (χ0v) is 25.7. The molecule has 4 aromatic rings. The summed E-state index contributed by atoms with van der Waals surface area (Å²) < 4.78 is 46.5. The molecular formula is C34H36FN3O5S. The Hall–Kier alpha value is -4.70. The van der Waals surface area contributed by atoms with Gasteiger partial charge in [-0.25, -0.2) is 12.8 Å². The SMILES string of the molecule is CC(C)NC(=O)C(Cc1ccccc1)N(Cc1ccc(F)cc1)C(=O)CN(c1ccc(Oc2ccccc2)cc1)S(C)(=O)=O. The molecule has 0 aliphatic rings. The van der Waals surface area contributed by atoms with Crippen molar-refractivity contribution in [2.24, 2.45) is 0 Å². The zero-order valence-electron chi connectivity index (χ0n) is 24.9. The summed E-state index contributed by atoms with van der Waals surface area (Å²) in [4.78, 5) is 29.1. The number of halogens is 1. The highest BCUT2D eigenvalue weighted by molar-refractivity contribution is 7.92. The molecule has 0 aliphatic heterocycles. The third kappa shape index (κ3) is 9.15. The maximum absolute atomic E-state index is 14.1. The highest BCUT2D eigenvalue weighted by atomic mass is 32.2. The van der Waals surface area contributed by atoms with Crippen molar-refractivity contribution in [1.82, 2.24) is 10.2 Å². The van der Waals surface area contributed by atoms with Crippen LogP contribution >= 0.6 is 0 Å². The lowest BCUT2D eigenvalue weighted by molar-refractivity contribution is -0.140. The summed E-state index contributed by atoms with van der Waals surface area (Å²) in [5.41, 5.74) is 1.67. The Morgan fingerprint density at radius 2 is 1.36 bits per heavy atom. The van der Waals surface area contributed by atoms with Crippen LogP contribution in [0.2, 0.25) is 0 Å². The van der Waals surface area contributed by atoms with Gasteiger partial charge < -0.3 is 15.0 Å². The van der Waals surface area contributed by atoms with E-state index in [2.05, 4.69) is 5.32 Å². The number of nitrogens with zero attached hydrogens (tertiary/aromatic N) is 2. The smallest absolute Gasteiger partial charge is 0.244 e. The third-order valence-electron chi connectivity index (χ3n) is 6.75. The van der Waals surface area contributed by atoms with E-state index in [1.165, 1.54) is 29.2 Å². The van der Waals surface area contributed by atoms with Gasteiger partial charge in [0.15, 0.2) is 0 Å². The normalized spacial score (nSPS) is 11.9. The number of amides is 2. The van der Waals surface area contributed by atoms with Crippen LogP contribution in [-0.2, 0) is 32.6 Å². The molecule has 0 radical (unpaired) electrons. The molecule has 10 heteroatoms. The van der Waals surface area contributed by atoms with Crippen molar-refractivity contribution in [1.29, 1.82) is 0 Å². The second-order valence-electron chi connectivity index (χ2n) is 10.7. The van der Waals surface area contributed by atoms with Crippen molar-refractivity contribution in [2.45, 2.75) is 38.9 Å². The van der Waals surface area contributed by atoms with Crippen molar-refractivity contribution in [3.05, 3.63) is 126 Å². The molecule has 0 fully saturated rings. The fourth-order valence-corrected chi connectivity index (χ4v) is 5.49. The minimum Gasteiger partial charge on any atom is -0.457 e. The molecule has 44 heavy (non-hydrogen) atoms. The van der Waals surface area contributed by atoms with Crippen LogP contribution in [-0.4, -0.2) is 50.0 Å². The van der Waals surface area contributed by atoms with Crippen LogP contribution in [0.5, 0.6) is 11.5 Å². The highest BCUT2D eigenvalue weighted by Crippen LogP contribution is 2.26. The summed E-state index contributed by atoms with van der Waals surface area (Å²) >= 11 is 0. The number of hydrogen-bond donors (Lipinski definition) is 1. The molecule has 2 amide bonds. The van der Waals surface area contributed by atoms with Gasteiger partial charge in [0, 0.05) is 19.0 Å². The largest absolute Gasteiger partial charge is 0.457 e. The number of sulfonamides is 1. The number of nitrogens with one attached hydrogen (secondary N) is 1. The molecular weight excluding hydrogens is 581 g/mol. The number of carbonyl (C=O) groups is 2. The number of anilines is 1. The molecule has 0 heterocycles. The molecule has 4 rings (SSSR count). The Labute approximate surface area is 258 Å². The molecule has 1 atom stereocenters. The Kier molecular flexibility index (Phi) is 10.7. The van der Waals surface area contributed by atoms with Gasteiger partial charge in [-0.05, 0) is 73.5 Å². The van der Waals surface area contributed by atoms with E-state index in [-0.39, 0.29) is 30.6 Å². The van der Waals surface area contributed by atoms with Gasteiger partial charge in [0.2, 0.25) is 21.8 Å². The Morgan fingerprint density at radius 3 is 1.93 bits per heavy atom. The maximum atomic E-state index is 14.1. The second kappa shape index (κ2) is 14.7. The standard InChI is InChI=1S/C34H36FN3O5S/c1-25(2)36-34(40)32(22-26-10-6-4-7-11-26)37(23-27-14-16-28(35)17-15-27)33(39)24-38(44(3,41)42)29-18-20-31(21-19-29)43-30-12-8-5-9-13-30/h4-21,25,32H,22-24H2,1-3H3,(H,36,40). The number of ether oxygens (including phenoxy) is 1. The molecule has 230 valence electrons. The molecule has 1 N–H and O–H groups in total. The molecule has 0 bridgehead atoms. The van der Waals surface area contributed by atoms with Gasteiger partial charge in [-0.1, -0.05) is 60.7 Å². The minimum atomic E-state index is -3.93. The van der Waals surface area contributed by atoms with Gasteiger partial charge in [-0.15, -0.1) is 0 Å². The summed E-state index contributed by atoms with van der Waals surface area (Å²) in [7, 11) is -3.93. The Morgan fingerprint density at radius 1 is 0.795 bits per heavy atom. The number of hydrogen-bond acceptors (Lipinski definition) is 5. The Bertz CT molecular complexity index is 1630. The first-order chi connectivity index (χ1) is 21.0. The Balaban J connectivity index is 1.67. The lowest BCUT2D eigenvalue weighted by Crippen LogP contribution is -2.54. The van der Waals surface area contributed by atoms with Crippen molar-refractivity contribution in [3.63, 3.8) is 0 Å². The van der Waals surface area contributed by atoms with Crippen LogP contribution < -0.4 is 14.4 Å². The number of benzene rings is 4. The highest BCUT2D eigenvalue weighted by Gasteiger charge is 2.33. The van der Waals surface area contributed by atoms with Gasteiger partial charge in [-0.3, -0.25) is 13.9 Å².